The maximum atomic E-state index is 11.6. The van der Waals surface area contributed by atoms with Crippen LogP contribution in [0.4, 0.5) is 13.2 Å². The highest BCUT2D eigenvalue weighted by Gasteiger charge is 2.30. The van der Waals surface area contributed by atoms with Crippen molar-refractivity contribution in [3.8, 4) is 0 Å². The molecule has 7 heteroatoms. The molecule has 88 valence electrons. The van der Waals surface area contributed by atoms with Crippen LogP contribution in [0.2, 0.25) is 0 Å². The van der Waals surface area contributed by atoms with E-state index in [-0.39, 0.29) is 6.04 Å². The number of hydrogen-bond acceptors (Lipinski definition) is 4. The van der Waals surface area contributed by atoms with Crippen LogP contribution in [0.1, 0.15) is 6.92 Å². The van der Waals surface area contributed by atoms with Gasteiger partial charge in [-0.15, -0.1) is 0 Å². The monoisotopic (exact) mass is 226 g/mol. The van der Waals surface area contributed by atoms with Crippen LogP contribution in [0.25, 0.3) is 0 Å². The average molecular weight is 226 g/mol. The van der Waals surface area contributed by atoms with Gasteiger partial charge in [0.25, 0.3) is 0 Å². The molecule has 15 heavy (non-hydrogen) atoms. The van der Waals surface area contributed by atoms with E-state index in [1.807, 2.05) is 0 Å². The molecule has 0 aliphatic rings. The second-order valence-electron chi connectivity index (χ2n) is 2.99. The molecule has 4 nitrogen and oxygen atoms in total. The lowest BCUT2D eigenvalue weighted by Crippen LogP contribution is -2.33. The third kappa shape index (κ3) is 7.95. The Balaban J connectivity index is 4.00. The first-order valence-corrected chi connectivity index (χ1v) is 4.15. The highest BCUT2D eigenvalue weighted by atomic mass is 19.4. The number of hydrogen-bond donors (Lipinski definition) is 2. The molecule has 0 aliphatic carbocycles. The highest BCUT2D eigenvalue weighted by Crippen LogP contribution is 2.14. The summed E-state index contributed by atoms with van der Waals surface area (Å²) in [7, 11) is 0. The van der Waals surface area contributed by atoms with E-state index >= 15 is 0 Å². The molecule has 2 unspecified atom stereocenters. The van der Waals surface area contributed by atoms with Crippen LogP contribution in [0.5, 0.6) is 0 Å². The van der Waals surface area contributed by atoms with Crippen molar-refractivity contribution < 1.29 is 22.7 Å². The maximum absolute atomic E-state index is 11.6. The fourth-order valence-corrected chi connectivity index (χ4v) is 0.623. The zero-order chi connectivity index (χ0) is 12.1. The molecule has 0 bridgehead atoms. The van der Waals surface area contributed by atoms with Crippen molar-refractivity contribution in [2.75, 3.05) is 6.61 Å². The Morgan fingerprint density at radius 3 is 2.33 bits per heavy atom. The molecule has 0 radical (unpaired) electrons. The van der Waals surface area contributed by atoms with Gasteiger partial charge in [-0.3, -0.25) is 4.79 Å². The number of alkyl halides is 3. The van der Waals surface area contributed by atoms with E-state index in [2.05, 4.69) is 4.74 Å². The van der Waals surface area contributed by atoms with E-state index in [4.69, 9.17) is 11.5 Å². The summed E-state index contributed by atoms with van der Waals surface area (Å²) < 4.78 is 38.8. The third-order valence-electron chi connectivity index (χ3n) is 1.27. The Labute approximate surface area is 85.1 Å². The molecular weight excluding hydrogens is 213 g/mol. The molecule has 0 saturated heterocycles. The second kappa shape index (κ2) is 5.72. The number of ether oxygens (including phenoxy) is 1. The fourth-order valence-electron chi connectivity index (χ4n) is 0.623. The first kappa shape index (κ1) is 13.9. The van der Waals surface area contributed by atoms with E-state index in [9.17, 15) is 18.0 Å². The molecule has 0 rings (SSSR count). The van der Waals surface area contributed by atoms with Gasteiger partial charge < -0.3 is 16.2 Å². The molecule has 0 aromatic carbocycles. The van der Waals surface area contributed by atoms with Gasteiger partial charge in [0.1, 0.15) is 6.04 Å². The smallest absolute Gasteiger partial charge is 0.422 e. The predicted molar refractivity (Wildman–Crippen MR) is 47.8 cm³/mol. The van der Waals surface area contributed by atoms with Crippen molar-refractivity contribution in [1.29, 1.82) is 0 Å². The number of nitrogens with two attached hydrogens (primary N) is 2. The molecule has 0 saturated carbocycles. The number of carbonyl (C=O) groups is 1. The number of carbonyl (C=O) groups excluding carboxylic acids is 1. The lowest BCUT2D eigenvalue weighted by Gasteiger charge is -2.10. The third-order valence-corrected chi connectivity index (χ3v) is 1.27. The van der Waals surface area contributed by atoms with Gasteiger partial charge in [0, 0.05) is 6.04 Å². The van der Waals surface area contributed by atoms with Crippen LogP contribution in [0.3, 0.4) is 0 Å². The van der Waals surface area contributed by atoms with Crippen molar-refractivity contribution in [3.63, 3.8) is 0 Å². The molecule has 0 heterocycles. The van der Waals surface area contributed by atoms with Crippen molar-refractivity contribution in [1.82, 2.24) is 0 Å². The van der Waals surface area contributed by atoms with Crippen molar-refractivity contribution in [3.05, 3.63) is 12.2 Å². The van der Waals surface area contributed by atoms with E-state index in [1.54, 1.807) is 6.92 Å². The van der Waals surface area contributed by atoms with E-state index in [1.165, 1.54) is 12.2 Å². The maximum Gasteiger partial charge on any atom is 0.422 e. The molecule has 0 fully saturated rings. The lowest BCUT2D eigenvalue weighted by atomic mass is 10.2. The summed E-state index contributed by atoms with van der Waals surface area (Å²) in [5, 5.41) is 0. The summed E-state index contributed by atoms with van der Waals surface area (Å²) in [5.41, 5.74) is 10.5. The molecule has 0 aromatic heterocycles. The fraction of sp³-hybridized carbons (Fsp3) is 0.625. The number of rotatable bonds is 4. The number of esters is 1. The summed E-state index contributed by atoms with van der Waals surface area (Å²) in [6.45, 7) is -0.00415. The van der Waals surface area contributed by atoms with E-state index in [0.717, 1.165) is 0 Å². The van der Waals surface area contributed by atoms with Crippen molar-refractivity contribution in [2.24, 2.45) is 11.5 Å². The topological polar surface area (TPSA) is 78.3 Å². The standard InChI is InChI=1S/C8H13F3N2O2/c1-5(12)2-3-6(13)7(14)15-4-8(9,10)11/h2-3,5-6H,4,12-13H2,1H3/b3-2-. The van der Waals surface area contributed by atoms with Gasteiger partial charge in [-0.1, -0.05) is 12.2 Å². The summed E-state index contributed by atoms with van der Waals surface area (Å²) >= 11 is 0. The first-order valence-electron chi connectivity index (χ1n) is 4.15. The molecule has 0 aromatic rings. The summed E-state index contributed by atoms with van der Waals surface area (Å²) in [6, 6.07) is -1.55. The average Bonchev–Trinajstić information content (AvgIpc) is 2.08. The minimum absolute atomic E-state index is 0.327. The minimum atomic E-state index is -4.54. The van der Waals surface area contributed by atoms with Crippen LogP contribution >= 0.6 is 0 Å². The minimum Gasteiger partial charge on any atom is -0.455 e. The van der Waals surface area contributed by atoms with Gasteiger partial charge in [-0.2, -0.15) is 13.2 Å². The van der Waals surface area contributed by atoms with Gasteiger partial charge in [-0.05, 0) is 6.92 Å². The van der Waals surface area contributed by atoms with Gasteiger partial charge in [0.05, 0.1) is 0 Å². The Kier molecular flexibility index (Phi) is 5.31. The van der Waals surface area contributed by atoms with Gasteiger partial charge in [-0.25, -0.2) is 0 Å². The van der Waals surface area contributed by atoms with Gasteiger partial charge in [0.15, 0.2) is 6.61 Å². The largest absolute Gasteiger partial charge is 0.455 e. The van der Waals surface area contributed by atoms with Crippen LogP contribution in [0.15, 0.2) is 12.2 Å². The van der Waals surface area contributed by atoms with Gasteiger partial charge in [0.2, 0.25) is 0 Å². The van der Waals surface area contributed by atoms with E-state index in [0.29, 0.717) is 0 Å². The second-order valence-corrected chi connectivity index (χ2v) is 2.99. The Bertz CT molecular complexity index is 239. The molecule has 4 N–H and O–H groups in total. The molecule has 0 spiro atoms. The number of halogens is 3. The van der Waals surface area contributed by atoms with Crippen molar-refractivity contribution in [2.45, 2.75) is 25.2 Å². The Morgan fingerprint density at radius 1 is 1.40 bits per heavy atom. The molecule has 0 aliphatic heterocycles. The summed E-state index contributed by atoms with van der Waals surface area (Å²) in [4.78, 5) is 10.9. The summed E-state index contributed by atoms with van der Waals surface area (Å²) in [6.07, 6.45) is -1.94. The lowest BCUT2D eigenvalue weighted by molar-refractivity contribution is -0.186. The van der Waals surface area contributed by atoms with Crippen molar-refractivity contribution >= 4 is 5.97 Å². The highest BCUT2D eigenvalue weighted by molar-refractivity contribution is 5.77. The van der Waals surface area contributed by atoms with Gasteiger partial charge >= 0.3 is 12.1 Å². The zero-order valence-corrected chi connectivity index (χ0v) is 8.12. The Morgan fingerprint density at radius 2 is 1.93 bits per heavy atom. The molecule has 2 atom stereocenters. The van der Waals surface area contributed by atoms with Crippen LogP contribution in [0, 0.1) is 0 Å². The Hall–Kier alpha value is -1.08. The van der Waals surface area contributed by atoms with Crippen LogP contribution in [-0.4, -0.2) is 30.8 Å². The normalized spacial score (nSPS) is 16.4. The van der Waals surface area contributed by atoms with Crippen LogP contribution < -0.4 is 11.5 Å². The van der Waals surface area contributed by atoms with E-state index < -0.39 is 24.8 Å². The molecule has 0 amide bonds. The predicted octanol–water partition coefficient (Wildman–Crippen LogP) is 0.323. The summed E-state index contributed by atoms with van der Waals surface area (Å²) in [5.74, 6) is -1.13. The van der Waals surface area contributed by atoms with Crippen LogP contribution in [-0.2, 0) is 9.53 Å². The zero-order valence-electron chi connectivity index (χ0n) is 8.12. The first-order chi connectivity index (χ1) is 6.72. The SMILES string of the molecule is CC(N)/C=C\C(N)C(=O)OCC(F)(F)F. The molecular formula is C8H13F3N2O2. The quantitative estimate of drug-likeness (QED) is 0.534.